The summed E-state index contributed by atoms with van der Waals surface area (Å²) in [5.74, 6) is 0. The van der Waals surface area contributed by atoms with Crippen LogP contribution in [0.4, 0.5) is 11.4 Å². The molecule has 104 valence electrons. The number of halogens is 1. The van der Waals surface area contributed by atoms with Gasteiger partial charge < -0.3 is 14.7 Å². The van der Waals surface area contributed by atoms with Crippen LogP contribution >= 0.6 is 12.4 Å². The first-order valence-corrected chi connectivity index (χ1v) is 5.88. The van der Waals surface area contributed by atoms with Crippen molar-refractivity contribution in [3.8, 4) is 0 Å². The Morgan fingerprint density at radius 2 is 1.53 bits per heavy atom. The molecular weight excluding hydrogens is 262 g/mol. The molecule has 1 aromatic rings. The Morgan fingerprint density at radius 1 is 1.00 bits per heavy atom. The van der Waals surface area contributed by atoms with Crippen LogP contribution in [0.5, 0.6) is 0 Å². The van der Waals surface area contributed by atoms with Crippen molar-refractivity contribution < 1.29 is 0 Å². The molecule has 0 amide bonds. The summed E-state index contributed by atoms with van der Waals surface area (Å²) in [4.78, 5) is 6.08. The van der Waals surface area contributed by atoms with Crippen molar-refractivity contribution in [2.75, 3.05) is 33.1 Å². The third kappa shape index (κ3) is 3.61. The number of anilines is 1. The van der Waals surface area contributed by atoms with Gasteiger partial charge >= 0.3 is 0 Å². The van der Waals surface area contributed by atoms with E-state index in [0.717, 1.165) is 11.4 Å². The number of rotatable bonds is 3. The minimum Gasteiger partial charge on any atom is -0.378 e. The maximum Gasteiger partial charge on any atom is 0.217 e. The van der Waals surface area contributed by atoms with E-state index in [1.54, 1.807) is 0 Å². The minimum absolute atomic E-state index is 0. The topological polar surface area (TPSA) is 34.4 Å². The summed E-state index contributed by atoms with van der Waals surface area (Å²) in [6, 6.07) is 8.02. The first kappa shape index (κ1) is 15.3. The smallest absolute Gasteiger partial charge is 0.217 e. The molecule has 0 aliphatic carbocycles. The lowest BCUT2D eigenvalue weighted by molar-refractivity contribution is 0.206. The molecule has 0 fully saturated rings. The molecule has 0 aromatic heterocycles. The maximum absolute atomic E-state index is 4.33. The second kappa shape index (κ2) is 6.43. The summed E-state index contributed by atoms with van der Waals surface area (Å²) in [6.07, 6.45) is 3.93. The van der Waals surface area contributed by atoms with Gasteiger partial charge in [-0.2, -0.15) is 5.11 Å². The Bertz CT molecular complexity index is 443. The Hall–Kier alpha value is -1.75. The van der Waals surface area contributed by atoms with Gasteiger partial charge in [0.1, 0.15) is 0 Å². The van der Waals surface area contributed by atoms with Gasteiger partial charge in [-0.25, -0.2) is 0 Å². The first-order valence-electron chi connectivity index (χ1n) is 5.88. The van der Waals surface area contributed by atoms with Crippen LogP contribution in [-0.4, -0.2) is 44.3 Å². The third-order valence-corrected chi connectivity index (χ3v) is 2.91. The molecule has 0 radical (unpaired) electrons. The zero-order valence-corrected chi connectivity index (χ0v) is 12.5. The maximum atomic E-state index is 4.33. The predicted octanol–water partition coefficient (Wildman–Crippen LogP) is 2.89. The van der Waals surface area contributed by atoms with Gasteiger partial charge in [0.2, 0.25) is 6.29 Å². The normalized spacial score (nSPS) is 15.2. The summed E-state index contributed by atoms with van der Waals surface area (Å²) >= 11 is 0. The summed E-state index contributed by atoms with van der Waals surface area (Å²) < 4.78 is 0. The molecule has 1 aromatic carbocycles. The van der Waals surface area contributed by atoms with Gasteiger partial charge in [0.15, 0.2) is 0 Å². The quantitative estimate of drug-likeness (QED) is 0.799. The summed E-state index contributed by atoms with van der Waals surface area (Å²) in [5, 5.41) is 8.60. The molecule has 0 N–H and O–H groups in total. The number of azo groups is 1. The summed E-state index contributed by atoms with van der Waals surface area (Å²) in [6.45, 7) is 0. The van der Waals surface area contributed by atoms with Crippen molar-refractivity contribution in [1.29, 1.82) is 0 Å². The molecule has 6 heteroatoms. The highest BCUT2D eigenvalue weighted by molar-refractivity contribution is 5.85. The van der Waals surface area contributed by atoms with Crippen LogP contribution in [0.25, 0.3) is 0 Å². The molecule has 19 heavy (non-hydrogen) atoms. The monoisotopic (exact) mass is 281 g/mol. The highest BCUT2D eigenvalue weighted by Crippen LogP contribution is 2.20. The van der Waals surface area contributed by atoms with E-state index < -0.39 is 0 Å². The lowest BCUT2D eigenvalue weighted by Gasteiger charge is -2.21. The second-order valence-corrected chi connectivity index (χ2v) is 4.60. The number of nitrogens with zero attached hydrogens (tertiary/aromatic N) is 5. The zero-order chi connectivity index (χ0) is 13.1. The van der Waals surface area contributed by atoms with E-state index in [2.05, 4.69) is 15.1 Å². The van der Waals surface area contributed by atoms with E-state index in [0.29, 0.717) is 0 Å². The highest BCUT2D eigenvalue weighted by atomic mass is 35.5. The van der Waals surface area contributed by atoms with Crippen LogP contribution < -0.4 is 4.90 Å². The van der Waals surface area contributed by atoms with Gasteiger partial charge in [-0.1, -0.05) is 0 Å². The number of hydrogen-bond donors (Lipinski definition) is 0. The standard InChI is InChI=1S/C13H19N5.ClH/c1-16(2)12-7-5-11(6-8-12)14-15-13-17(3)9-10-18(13)4;/h5-10,13H,1-4H3;1H. The molecule has 1 heterocycles. The highest BCUT2D eigenvalue weighted by Gasteiger charge is 2.18. The molecule has 0 unspecified atom stereocenters. The molecule has 0 saturated carbocycles. The van der Waals surface area contributed by atoms with E-state index in [1.165, 1.54) is 0 Å². The summed E-state index contributed by atoms with van der Waals surface area (Å²) in [5.41, 5.74) is 2.03. The van der Waals surface area contributed by atoms with Crippen molar-refractivity contribution in [3.63, 3.8) is 0 Å². The van der Waals surface area contributed by atoms with Crippen molar-refractivity contribution in [2.45, 2.75) is 6.29 Å². The fraction of sp³-hybridized carbons (Fsp3) is 0.385. The minimum atomic E-state index is -0.0430. The third-order valence-electron chi connectivity index (χ3n) is 2.91. The molecule has 0 spiro atoms. The van der Waals surface area contributed by atoms with Gasteiger partial charge in [0.05, 0.1) is 5.69 Å². The summed E-state index contributed by atoms with van der Waals surface area (Å²) in [7, 11) is 8.01. The Morgan fingerprint density at radius 3 is 2.00 bits per heavy atom. The largest absolute Gasteiger partial charge is 0.378 e. The second-order valence-electron chi connectivity index (χ2n) is 4.60. The van der Waals surface area contributed by atoms with Crippen molar-refractivity contribution in [2.24, 2.45) is 10.2 Å². The predicted molar refractivity (Wildman–Crippen MR) is 81.0 cm³/mol. The zero-order valence-electron chi connectivity index (χ0n) is 11.7. The fourth-order valence-corrected chi connectivity index (χ4v) is 1.75. The molecule has 0 atom stereocenters. The van der Waals surface area contributed by atoms with Gasteiger partial charge in [-0.3, -0.25) is 0 Å². The van der Waals surface area contributed by atoms with Gasteiger partial charge in [-0.05, 0) is 24.3 Å². The van der Waals surface area contributed by atoms with Crippen molar-refractivity contribution in [3.05, 3.63) is 36.7 Å². The average Bonchev–Trinajstić information content (AvgIpc) is 2.67. The Labute approximate surface area is 120 Å². The van der Waals surface area contributed by atoms with Crippen LogP contribution in [0.2, 0.25) is 0 Å². The van der Waals surface area contributed by atoms with Crippen LogP contribution in [0.15, 0.2) is 46.9 Å². The van der Waals surface area contributed by atoms with Crippen LogP contribution in [-0.2, 0) is 0 Å². The number of benzene rings is 1. The van der Waals surface area contributed by atoms with Crippen LogP contribution in [0, 0.1) is 0 Å². The van der Waals surface area contributed by atoms with Crippen LogP contribution in [0.3, 0.4) is 0 Å². The van der Waals surface area contributed by atoms with E-state index in [4.69, 9.17) is 0 Å². The van der Waals surface area contributed by atoms with Gasteiger partial charge in [0.25, 0.3) is 0 Å². The van der Waals surface area contributed by atoms with Crippen LogP contribution in [0.1, 0.15) is 0 Å². The van der Waals surface area contributed by atoms with Crippen molar-refractivity contribution in [1.82, 2.24) is 9.80 Å². The van der Waals surface area contributed by atoms with E-state index >= 15 is 0 Å². The molecule has 1 aliphatic rings. The molecule has 2 rings (SSSR count). The lowest BCUT2D eigenvalue weighted by Crippen LogP contribution is -2.31. The molecule has 1 aliphatic heterocycles. The van der Waals surface area contributed by atoms with E-state index in [9.17, 15) is 0 Å². The molecule has 0 bridgehead atoms. The van der Waals surface area contributed by atoms with E-state index in [-0.39, 0.29) is 18.7 Å². The molecular formula is C13H20ClN5. The number of hydrogen-bond acceptors (Lipinski definition) is 5. The van der Waals surface area contributed by atoms with Gasteiger partial charge in [-0.15, -0.1) is 17.5 Å². The Balaban J connectivity index is 0.00000180. The SMILES string of the molecule is CN(C)c1ccc(N=NC2N(C)C=CN2C)cc1.Cl. The fourth-order valence-electron chi connectivity index (χ4n) is 1.75. The van der Waals surface area contributed by atoms with Crippen molar-refractivity contribution >= 4 is 23.8 Å². The van der Waals surface area contributed by atoms with E-state index in [1.807, 2.05) is 74.7 Å². The average molecular weight is 282 g/mol. The molecule has 0 saturated heterocycles. The van der Waals surface area contributed by atoms with Gasteiger partial charge in [0, 0.05) is 46.3 Å². The lowest BCUT2D eigenvalue weighted by atomic mass is 10.3. The first-order chi connectivity index (χ1) is 8.58. The molecule has 5 nitrogen and oxygen atoms in total. The Kier molecular flexibility index (Phi) is 5.18.